The number of aliphatic hydroxyl groups is 1. The Bertz CT molecular complexity index is 612. The Balaban J connectivity index is 0.000000253. The van der Waals surface area contributed by atoms with Gasteiger partial charge in [-0.15, -0.1) is 0 Å². The van der Waals surface area contributed by atoms with Crippen LogP contribution in [0.15, 0.2) is 42.5 Å². The maximum absolute atomic E-state index is 10.5. The van der Waals surface area contributed by atoms with E-state index in [2.05, 4.69) is 0 Å². The van der Waals surface area contributed by atoms with Gasteiger partial charge in [-0.3, -0.25) is 4.79 Å². The van der Waals surface area contributed by atoms with Crippen molar-refractivity contribution in [3.05, 3.63) is 48.0 Å². The third-order valence-electron chi connectivity index (χ3n) is 2.76. The largest absolute Gasteiger partial charge is 0.504 e. The summed E-state index contributed by atoms with van der Waals surface area (Å²) in [6, 6.07) is 11.7. The van der Waals surface area contributed by atoms with E-state index >= 15 is 0 Å². The van der Waals surface area contributed by atoms with Gasteiger partial charge >= 0.3 is 0 Å². The molecule has 0 aromatic heterocycles. The highest BCUT2D eigenvalue weighted by Crippen LogP contribution is 2.27. The highest BCUT2D eigenvalue weighted by molar-refractivity contribution is 5.76. The Hall–Kier alpha value is -2.73. The number of phenols is 1. The number of aromatic hydroxyl groups is 1. The Morgan fingerprint density at radius 2 is 1.70 bits per heavy atom. The molecule has 0 aliphatic heterocycles. The fourth-order valence-corrected chi connectivity index (χ4v) is 1.66. The molecule has 124 valence electrons. The summed E-state index contributed by atoms with van der Waals surface area (Å²) >= 11 is 0. The number of phenolic OH excluding ortho intramolecular Hbond substituents is 1. The molecule has 0 saturated carbocycles. The van der Waals surface area contributed by atoms with Crippen LogP contribution in [-0.4, -0.2) is 43.9 Å². The molecule has 0 amide bonds. The molecule has 0 radical (unpaired) electrons. The molecule has 23 heavy (non-hydrogen) atoms. The number of carbonyl (C=O) groups excluding carboxylic acids is 1. The van der Waals surface area contributed by atoms with Gasteiger partial charge in [-0.1, -0.05) is 12.1 Å². The zero-order valence-electron chi connectivity index (χ0n) is 13.1. The third kappa shape index (κ3) is 5.88. The molecule has 2 aromatic rings. The van der Waals surface area contributed by atoms with Gasteiger partial charge in [0.05, 0.1) is 20.8 Å². The normalized spacial score (nSPS) is 9.35. The molecule has 2 rings (SSSR count). The number of rotatable bonds is 6. The minimum absolute atomic E-state index is 0.0570. The Morgan fingerprint density at radius 3 is 2.22 bits per heavy atom. The second-order valence-corrected chi connectivity index (χ2v) is 4.27. The highest BCUT2D eigenvalue weighted by Gasteiger charge is 2.04. The summed E-state index contributed by atoms with van der Waals surface area (Å²) in [6.45, 7) is 0.148. The molecule has 2 N–H and O–H groups in total. The summed E-state index contributed by atoms with van der Waals surface area (Å²) in [5.41, 5.74) is 0.526. The second kappa shape index (κ2) is 10.1. The predicted molar refractivity (Wildman–Crippen MR) is 85.6 cm³/mol. The topological polar surface area (TPSA) is 85.2 Å². The van der Waals surface area contributed by atoms with E-state index in [0.29, 0.717) is 22.8 Å². The van der Waals surface area contributed by atoms with Crippen LogP contribution in [-0.2, 0) is 0 Å². The zero-order valence-corrected chi connectivity index (χ0v) is 13.1. The van der Waals surface area contributed by atoms with Crippen molar-refractivity contribution >= 4 is 6.29 Å². The van der Waals surface area contributed by atoms with E-state index in [-0.39, 0.29) is 19.0 Å². The van der Waals surface area contributed by atoms with Crippen molar-refractivity contribution in [3.63, 3.8) is 0 Å². The number of carbonyl (C=O) groups is 1. The molecule has 6 heteroatoms. The van der Waals surface area contributed by atoms with Crippen molar-refractivity contribution < 1.29 is 29.2 Å². The SMILES string of the molecule is COc1cc(C=O)ccc1OCCO.COc1ccccc1O. The molecule has 2 aromatic carbocycles. The molecule has 0 bridgehead atoms. The Labute approximate surface area is 134 Å². The number of aldehydes is 1. The van der Waals surface area contributed by atoms with Crippen LogP contribution in [0.5, 0.6) is 23.0 Å². The van der Waals surface area contributed by atoms with Gasteiger partial charge in [-0.2, -0.15) is 0 Å². The number of hydrogen-bond donors (Lipinski definition) is 2. The van der Waals surface area contributed by atoms with Gasteiger partial charge in [-0.25, -0.2) is 0 Å². The van der Waals surface area contributed by atoms with E-state index in [0.717, 1.165) is 6.29 Å². The molecule has 0 spiro atoms. The number of para-hydroxylation sites is 2. The van der Waals surface area contributed by atoms with Crippen LogP contribution in [0.2, 0.25) is 0 Å². The van der Waals surface area contributed by atoms with Gasteiger partial charge < -0.3 is 24.4 Å². The smallest absolute Gasteiger partial charge is 0.161 e. The molecule has 0 fully saturated rings. The number of benzene rings is 2. The molecular weight excluding hydrogens is 300 g/mol. The molecule has 0 atom stereocenters. The minimum atomic E-state index is -0.0570. The van der Waals surface area contributed by atoms with E-state index in [9.17, 15) is 4.79 Å². The average Bonchev–Trinajstić information content (AvgIpc) is 2.60. The summed E-state index contributed by atoms with van der Waals surface area (Å²) in [5.74, 6) is 1.70. The van der Waals surface area contributed by atoms with E-state index in [1.165, 1.54) is 14.2 Å². The van der Waals surface area contributed by atoms with Gasteiger partial charge in [0, 0.05) is 5.56 Å². The van der Waals surface area contributed by atoms with Gasteiger partial charge in [0.15, 0.2) is 23.0 Å². The molecule has 0 unspecified atom stereocenters. The van der Waals surface area contributed by atoms with Crippen LogP contribution in [0.4, 0.5) is 0 Å². The first kappa shape index (κ1) is 18.3. The van der Waals surface area contributed by atoms with Gasteiger partial charge in [0.25, 0.3) is 0 Å². The van der Waals surface area contributed by atoms with Gasteiger partial charge in [0.1, 0.15) is 12.9 Å². The summed E-state index contributed by atoms with van der Waals surface area (Å²) in [6.07, 6.45) is 0.734. The van der Waals surface area contributed by atoms with Crippen LogP contribution in [0.25, 0.3) is 0 Å². The Kier molecular flexibility index (Phi) is 8.02. The third-order valence-corrected chi connectivity index (χ3v) is 2.76. The van der Waals surface area contributed by atoms with Crippen LogP contribution in [0, 0.1) is 0 Å². The number of hydrogen-bond acceptors (Lipinski definition) is 6. The van der Waals surface area contributed by atoms with Crippen LogP contribution in [0.3, 0.4) is 0 Å². The monoisotopic (exact) mass is 320 g/mol. The van der Waals surface area contributed by atoms with Crippen molar-refractivity contribution in [2.24, 2.45) is 0 Å². The van der Waals surface area contributed by atoms with Crippen molar-refractivity contribution in [1.29, 1.82) is 0 Å². The van der Waals surface area contributed by atoms with Crippen molar-refractivity contribution in [1.82, 2.24) is 0 Å². The first-order valence-corrected chi connectivity index (χ1v) is 6.85. The molecule has 0 aliphatic carbocycles. The van der Waals surface area contributed by atoms with Gasteiger partial charge in [-0.05, 0) is 30.3 Å². The second-order valence-electron chi connectivity index (χ2n) is 4.27. The molecule has 0 aliphatic rings. The first-order chi connectivity index (χ1) is 11.2. The summed E-state index contributed by atoms with van der Waals surface area (Å²) in [4.78, 5) is 10.5. The van der Waals surface area contributed by atoms with Crippen LogP contribution >= 0.6 is 0 Å². The van der Waals surface area contributed by atoms with E-state index in [1.807, 2.05) is 0 Å². The summed E-state index contributed by atoms with van der Waals surface area (Å²) in [5, 5.41) is 17.6. The lowest BCUT2D eigenvalue weighted by Gasteiger charge is -2.09. The van der Waals surface area contributed by atoms with Crippen molar-refractivity contribution in [2.45, 2.75) is 0 Å². The predicted octanol–water partition coefficient (Wildman–Crippen LogP) is 2.28. The zero-order chi connectivity index (χ0) is 17.1. The number of aliphatic hydroxyl groups excluding tert-OH is 1. The van der Waals surface area contributed by atoms with E-state index in [4.69, 9.17) is 24.4 Å². The first-order valence-electron chi connectivity index (χ1n) is 6.85. The lowest BCUT2D eigenvalue weighted by molar-refractivity contribution is 0.112. The standard InChI is InChI=1S/C10H12O4.C7H8O2/c1-13-10-6-8(7-12)2-3-9(10)14-5-4-11;1-9-7-5-3-2-4-6(7)8/h2-3,6-7,11H,4-5H2,1H3;2-5,8H,1H3. The number of methoxy groups -OCH3 is 2. The Morgan fingerprint density at radius 1 is 1.00 bits per heavy atom. The van der Waals surface area contributed by atoms with Crippen LogP contribution in [0.1, 0.15) is 10.4 Å². The molecule has 0 saturated heterocycles. The fraction of sp³-hybridized carbons (Fsp3) is 0.235. The van der Waals surface area contributed by atoms with Crippen molar-refractivity contribution in [3.8, 4) is 23.0 Å². The molecule has 0 heterocycles. The van der Waals surface area contributed by atoms with Gasteiger partial charge in [0.2, 0.25) is 0 Å². The quantitative estimate of drug-likeness (QED) is 0.794. The summed E-state index contributed by atoms with van der Waals surface area (Å²) in [7, 11) is 3.02. The van der Waals surface area contributed by atoms with Crippen LogP contribution < -0.4 is 14.2 Å². The highest BCUT2D eigenvalue weighted by atomic mass is 16.5. The maximum atomic E-state index is 10.5. The number of ether oxygens (including phenoxy) is 3. The molecular formula is C17H20O6. The fourth-order valence-electron chi connectivity index (χ4n) is 1.66. The average molecular weight is 320 g/mol. The lowest BCUT2D eigenvalue weighted by atomic mass is 10.2. The molecule has 6 nitrogen and oxygen atoms in total. The van der Waals surface area contributed by atoms with Crippen molar-refractivity contribution in [2.75, 3.05) is 27.4 Å². The maximum Gasteiger partial charge on any atom is 0.161 e. The minimum Gasteiger partial charge on any atom is -0.504 e. The summed E-state index contributed by atoms with van der Waals surface area (Å²) < 4.78 is 15.0. The van der Waals surface area contributed by atoms with E-state index < -0.39 is 0 Å². The van der Waals surface area contributed by atoms with E-state index in [1.54, 1.807) is 42.5 Å². The lowest BCUT2D eigenvalue weighted by Crippen LogP contribution is -2.03.